The maximum absolute atomic E-state index is 13.0. The third-order valence-electron chi connectivity index (χ3n) is 2.75. The Morgan fingerprint density at radius 3 is 1.70 bits per heavy atom. The van der Waals surface area contributed by atoms with Crippen molar-refractivity contribution in [2.45, 2.75) is 56.7 Å². The van der Waals surface area contributed by atoms with Gasteiger partial charge in [-0.2, -0.15) is 35.1 Å². The summed E-state index contributed by atoms with van der Waals surface area (Å²) in [6, 6.07) is 0. The second-order valence-corrected chi connectivity index (χ2v) is 4.73. The van der Waals surface area contributed by atoms with Gasteiger partial charge in [0.2, 0.25) is 0 Å². The molecule has 0 aliphatic carbocycles. The van der Waals surface area contributed by atoms with Gasteiger partial charge < -0.3 is 14.6 Å². The highest BCUT2D eigenvalue weighted by atomic mass is 19.4. The molecule has 0 atom stereocenters. The average Bonchev–Trinajstić information content (AvgIpc) is 2.40. The molecule has 0 aromatic carbocycles. The molecule has 0 rings (SSSR count). The van der Waals surface area contributed by atoms with Gasteiger partial charge in [-0.15, -0.1) is 0 Å². The van der Waals surface area contributed by atoms with Crippen molar-refractivity contribution in [1.82, 2.24) is 0 Å². The predicted molar refractivity (Wildman–Crippen MR) is 62.9 cm³/mol. The number of alkyl halides is 8. The summed E-state index contributed by atoms with van der Waals surface area (Å²) in [5, 5.41) is 7.69. The van der Waals surface area contributed by atoms with Crippen LogP contribution in [0.1, 0.15) is 32.6 Å². The molecule has 0 radical (unpaired) electrons. The van der Waals surface area contributed by atoms with Gasteiger partial charge in [-0.3, -0.25) is 0 Å². The second kappa shape index (κ2) is 8.43. The summed E-state index contributed by atoms with van der Waals surface area (Å²) in [5.74, 6) is -13.3. The molecule has 11 heteroatoms. The Labute approximate surface area is 127 Å². The van der Waals surface area contributed by atoms with Crippen LogP contribution in [0.4, 0.5) is 35.1 Å². The van der Waals surface area contributed by atoms with Crippen molar-refractivity contribution in [2.24, 2.45) is 0 Å². The minimum absolute atomic E-state index is 0.121. The van der Waals surface area contributed by atoms with Gasteiger partial charge in [-0.25, -0.2) is 0 Å². The monoisotopic (exact) mass is 362 g/mol. The van der Waals surface area contributed by atoms with Crippen molar-refractivity contribution >= 4 is 0 Å². The Morgan fingerprint density at radius 2 is 1.22 bits per heavy atom. The quantitative estimate of drug-likeness (QED) is 0.421. The van der Waals surface area contributed by atoms with Crippen LogP contribution in [0.3, 0.4) is 0 Å². The van der Waals surface area contributed by atoms with Crippen molar-refractivity contribution in [2.75, 3.05) is 19.8 Å². The van der Waals surface area contributed by atoms with E-state index in [4.69, 9.17) is 9.84 Å². The molecule has 140 valence electrons. The van der Waals surface area contributed by atoms with Gasteiger partial charge in [-0.05, 0) is 19.3 Å². The lowest BCUT2D eigenvalue weighted by molar-refractivity contribution is -0.456. The molecule has 0 aromatic heterocycles. The largest absolute Gasteiger partial charge is 0.426 e. The molecule has 0 saturated carbocycles. The van der Waals surface area contributed by atoms with E-state index in [9.17, 15) is 35.1 Å². The molecule has 0 spiro atoms. The number of rotatable bonds is 12. The molecule has 0 aromatic rings. The molecule has 0 aliphatic heterocycles. The number of ether oxygens (including phenoxy) is 2. The van der Waals surface area contributed by atoms with E-state index in [0.29, 0.717) is 6.61 Å². The summed E-state index contributed by atoms with van der Waals surface area (Å²) in [7, 11) is 0. The minimum Gasteiger partial charge on any atom is -0.381 e. The SMILES string of the molecule is CCCCOCCCCOC(F)(F)C(F)(F)C(F)(F)C(O)(F)F. The molecule has 0 aliphatic rings. The Balaban J connectivity index is 4.41. The molecule has 0 saturated heterocycles. The first kappa shape index (κ1) is 22.3. The van der Waals surface area contributed by atoms with Crippen LogP contribution in [0.15, 0.2) is 0 Å². The van der Waals surface area contributed by atoms with Crippen molar-refractivity contribution in [3.8, 4) is 0 Å². The summed E-state index contributed by atoms with van der Waals surface area (Å²) < 4.78 is 109. The van der Waals surface area contributed by atoms with Crippen LogP contribution in [0.2, 0.25) is 0 Å². The van der Waals surface area contributed by atoms with Crippen LogP contribution in [0.25, 0.3) is 0 Å². The van der Waals surface area contributed by atoms with Crippen LogP contribution >= 0.6 is 0 Å². The van der Waals surface area contributed by atoms with E-state index in [2.05, 4.69) is 4.74 Å². The smallest absolute Gasteiger partial charge is 0.381 e. The molecular weight excluding hydrogens is 344 g/mol. The number of hydrogen-bond acceptors (Lipinski definition) is 3. The van der Waals surface area contributed by atoms with Gasteiger partial charge >= 0.3 is 24.1 Å². The maximum atomic E-state index is 13.0. The first-order valence-electron chi connectivity index (χ1n) is 6.76. The van der Waals surface area contributed by atoms with Crippen LogP contribution in [0.5, 0.6) is 0 Å². The molecule has 0 heterocycles. The zero-order chi connectivity index (χ0) is 18.4. The third-order valence-corrected chi connectivity index (χ3v) is 2.75. The van der Waals surface area contributed by atoms with Gasteiger partial charge in [0, 0.05) is 13.2 Å². The van der Waals surface area contributed by atoms with E-state index in [1.165, 1.54) is 0 Å². The van der Waals surface area contributed by atoms with Crippen LogP contribution in [-0.4, -0.2) is 49.0 Å². The summed E-state index contributed by atoms with van der Waals surface area (Å²) in [6.07, 6.45) is -10.7. The zero-order valence-electron chi connectivity index (χ0n) is 12.2. The summed E-state index contributed by atoms with van der Waals surface area (Å²) in [6.45, 7) is 1.37. The lowest BCUT2D eigenvalue weighted by Crippen LogP contribution is -2.63. The van der Waals surface area contributed by atoms with Gasteiger partial charge in [0.05, 0.1) is 6.61 Å². The van der Waals surface area contributed by atoms with Crippen LogP contribution in [0, 0.1) is 0 Å². The Morgan fingerprint density at radius 1 is 0.739 bits per heavy atom. The molecule has 0 bridgehead atoms. The molecule has 1 N–H and O–H groups in total. The number of unbranched alkanes of at least 4 members (excludes halogenated alkanes) is 2. The van der Waals surface area contributed by atoms with Crippen molar-refractivity contribution in [3.05, 3.63) is 0 Å². The van der Waals surface area contributed by atoms with Gasteiger partial charge in [0.15, 0.2) is 0 Å². The highest BCUT2D eigenvalue weighted by Gasteiger charge is 2.81. The van der Waals surface area contributed by atoms with Crippen molar-refractivity contribution < 1.29 is 49.7 Å². The van der Waals surface area contributed by atoms with Crippen LogP contribution < -0.4 is 0 Å². The Hall–Kier alpha value is -0.680. The fraction of sp³-hybridized carbons (Fsp3) is 1.00. The highest BCUT2D eigenvalue weighted by Crippen LogP contribution is 2.51. The maximum Gasteiger partial charge on any atom is 0.426 e. The van der Waals surface area contributed by atoms with E-state index in [1.807, 2.05) is 6.92 Å². The molecular formula is C12H18F8O3. The number of hydrogen-bond donors (Lipinski definition) is 1. The number of aliphatic hydroxyl groups is 1. The predicted octanol–water partition coefficient (Wildman–Crippen LogP) is 4.05. The standard InChI is InChI=1S/C12H18F8O3/c1-2-3-6-22-7-4-5-8-23-12(19,20)10(15,16)9(13,14)11(17,18)21/h21H,2-8H2,1H3. The van der Waals surface area contributed by atoms with E-state index < -0.39 is 30.7 Å². The topological polar surface area (TPSA) is 38.7 Å². The van der Waals surface area contributed by atoms with Gasteiger partial charge in [-0.1, -0.05) is 13.3 Å². The van der Waals surface area contributed by atoms with E-state index in [1.54, 1.807) is 0 Å². The fourth-order valence-corrected chi connectivity index (χ4v) is 1.32. The van der Waals surface area contributed by atoms with E-state index >= 15 is 0 Å². The lowest BCUT2D eigenvalue weighted by Gasteiger charge is -2.33. The normalized spacial score (nSPS) is 14.3. The first-order chi connectivity index (χ1) is 10.3. The van der Waals surface area contributed by atoms with Crippen LogP contribution in [-0.2, 0) is 9.47 Å². The minimum atomic E-state index is -6.70. The Bertz CT molecular complexity index is 344. The molecule has 23 heavy (non-hydrogen) atoms. The summed E-state index contributed by atoms with van der Waals surface area (Å²) in [5.41, 5.74) is 0. The molecule has 3 nitrogen and oxygen atoms in total. The molecule has 0 unspecified atom stereocenters. The number of halogens is 8. The fourth-order valence-electron chi connectivity index (χ4n) is 1.32. The van der Waals surface area contributed by atoms with Crippen molar-refractivity contribution in [1.29, 1.82) is 0 Å². The lowest BCUT2D eigenvalue weighted by atomic mass is 10.1. The van der Waals surface area contributed by atoms with Gasteiger partial charge in [0.1, 0.15) is 0 Å². The highest BCUT2D eigenvalue weighted by molar-refractivity contribution is 4.96. The third kappa shape index (κ3) is 5.71. The molecule has 0 amide bonds. The summed E-state index contributed by atoms with van der Waals surface area (Å²) in [4.78, 5) is 0. The van der Waals surface area contributed by atoms with Gasteiger partial charge in [0.25, 0.3) is 0 Å². The Kier molecular flexibility index (Phi) is 8.18. The van der Waals surface area contributed by atoms with Crippen molar-refractivity contribution in [3.63, 3.8) is 0 Å². The van der Waals surface area contributed by atoms with E-state index in [-0.39, 0.29) is 19.4 Å². The van der Waals surface area contributed by atoms with E-state index in [0.717, 1.165) is 12.8 Å². The average molecular weight is 362 g/mol. The second-order valence-electron chi connectivity index (χ2n) is 4.73. The first-order valence-corrected chi connectivity index (χ1v) is 6.76. The molecule has 0 fully saturated rings. The summed E-state index contributed by atoms with van der Waals surface area (Å²) >= 11 is 0. The zero-order valence-corrected chi connectivity index (χ0v) is 12.2.